The maximum atomic E-state index is 13.8. The summed E-state index contributed by atoms with van der Waals surface area (Å²) in [4.78, 5) is 14.0. The quantitative estimate of drug-likeness (QED) is 0.258. The van der Waals surface area contributed by atoms with Gasteiger partial charge in [-0.05, 0) is 53.8 Å². The van der Waals surface area contributed by atoms with Crippen molar-refractivity contribution in [3.63, 3.8) is 0 Å². The lowest BCUT2D eigenvalue weighted by molar-refractivity contribution is -0.123. The van der Waals surface area contributed by atoms with Crippen LogP contribution in [0.1, 0.15) is 29.2 Å². The second kappa shape index (κ2) is 13.2. The molecule has 4 rings (SSSR count). The van der Waals surface area contributed by atoms with Crippen molar-refractivity contribution >= 4 is 5.91 Å². The van der Waals surface area contributed by atoms with Crippen LogP contribution in [0.4, 0.5) is 8.78 Å². The normalized spacial score (nSPS) is 12.7. The number of carbonyl (C=O) groups is 1. The fourth-order valence-corrected chi connectivity index (χ4v) is 4.24. The Morgan fingerprint density at radius 3 is 2.44 bits per heavy atom. The molecule has 0 bridgehead atoms. The van der Waals surface area contributed by atoms with Crippen LogP contribution in [0, 0.1) is 18.6 Å². The smallest absolute Gasteiger partial charge is 0.243 e. The Balaban J connectivity index is 1.41. The maximum absolute atomic E-state index is 13.8. The highest BCUT2D eigenvalue weighted by Gasteiger charge is 2.23. The monoisotopic (exact) mass is 534 g/mol. The molecule has 2 atom stereocenters. The molecule has 0 unspecified atom stereocenters. The topological polar surface area (TPSA) is 105 Å². The van der Waals surface area contributed by atoms with Gasteiger partial charge in [0.1, 0.15) is 18.2 Å². The van der Waals surface area contributed by atoms with Gasteiger partial charge in [0, 0.05) is 24.7 Å². The Labute approximate surface area is 226 Å². The SMILES string of the molecule is CCc1cccc(CNC[C@H](O)[C@H](Cc2cc(F)cc(F)c2)NC(=O)Cn2nnc(-c3ccc(C)cc3)n2)c1. The summed E-state index contributed by atoms with van der Waals surface area (Å²) in [6.45, 7) is 4.48. The molecule has 10 heteroatoms. The van der Waals surface area contributed by atoms with Crippen molar-refractivity contribution in [2.24, 2.45) is 0 Å². The zero-order chi connectivity index (χ0) is 27.8. The van der Waals surface area contributed by atoms with Crippen LogP contribution in [-0.4, -0.2) is 49.9 Å². The average Bonchev–Trinajstić information content (AvgIpc) is 3.36. The largest absolute Gasteiger partial charge is 0.390 e. The molecule has 0 fully saturated rings. The van der Waals surface area contributed by atoms with E-state index in [9.17, 15) is 18.7 Å². The number of nitrogens with zero attached hydrogens (tertiary/aromatic N) is 4. The second-order valence-electron chi connectivity index (χ2n) is 9.54. The summed E-state index contributed by atoms with van der Waals surface area (Å²) in [6, 6.07) is 18.0. The van der Waals surface area contributed by atoms with Crippen LogP contribution in [0.2, 0.25) is 0 Å². The first-order valence-corrected chi connectivity index (χ1v) is 12.8. The molecule has 1 aromatic heterocycles. The number of hydrogen-bond donors (Lipinski definition) is 3. The van der Waals surface area contributed by atoms with Crippen LogP contribution in [-0.2, 0) is 30.7 Å². The third-order valence-electron chi connectivity index (χ3n) is 6.32. The molecule has 1 amide bonds. The number of nitrogens with one attached hydrogen (secondary N) is 2. The van der Waals surface area contributed by atoms with E-state index >= 15 is 0 Å². The fourth-order valence-electron chi connectivity index (χ4n) is 4.24. The number of rotatable bonds is 12. The van der Waals surface area contributed by atoms with Gasteiger partial charge in [0.2, 0.25) is 11.7 Å². The van der Waals surface area contributed by atoms with E-state index in [1.54, 1.807) is 0 Å². The molecular weight excluding hydrogens is 502 g/mol. The third-order valence-corrected chi connectivity index (χ3v) is 6.32. The van der Waals surface area contributed by atoms with Crippen molar-refractivity contribution in [2.75, 3.05) is 6.54 Å². The molecule has 0 spiro atoms. The van der Waals surface area contributed by atoms with Gasteiger partial charge >= 0.3 is 0 Å². The molecule has 0 aliphatic heterocycles. The minimum atomic E-state index is -1.04. The summed E-state index contributed by atoms with van der Waals surface area (Å²) in [5.41, 5.74) is 4.45. The van der Waals surface area contributed by atoms with Crippen LogP contribution in [0.25, 0.3) is 11.4 Å². The van der Waals surface area contributed by atoms with Crippen LogP contribution in [0.15, 0.2) is 66.7 Å². The Hall–Kier alpha value is -4.02. The van der Waals surface area contributed by atoms with E-state index in [1.807, 2.05) is 43.3 Å². The first-order chi connectivity index (χ1) is 18.8. The van der Waals surface area contributed by atoms with Crippen LogP contribution in [0.5, 0.6) is 0 Å². The molecule has 3 N–H and O–H groups in total. The van der Waals surface area contributed by atoms with E-state index in [1.165, 1.54) is 17.7 Å². The van der Waals surface area contributed by atoms with Gasteiger partial charge in [-0.25, -0.2) is 8.78 Å². The van der Waals surface area contributed by atoms with E-state index in [-0.39, 0.29) is 19.5 Å². The standard InChI is InChI=1S/C29H32F2N6O2/c1-3-20-5-4-6-21(11-20)16-32-17-27(38)26(14-22-12-24(30)15-25(31)13-22)33-28(39)18-37-35-29(34-36-37)23-9-7-19(2)8-10-23/h4-13,15,26-27,32,38H,3,14,16-18H2,1-2H3,(H,33,39)/t26-,27-/m0/s1. The Morgan fingerprint density at radius 1 is 1.00 bits per heavy atom. The van der Waals surface area contributed by atoms with Gasteiger partial charge in [0.05, 0.1) is 12.1 Å². The lowest BCUT2D eigenvalue weighted by Crippen LogP contribution is -2.49. The number of carbonyl (C=O) groups excluding carboxylic acids is 1. The first kappa shape index (κ1) is 28.0. The highest BCUT2D eigenvalue weighted by atomic mass is 19.1. The Kier molecular flexibility index (Phi) is 9.45. The van der Waals surface area contributed by atoms with Crippen molar-refractivity contribution in [1.29, 1.82) is 0 Å². The number of aromatic nitrogens is 4. The molecule has 4 aromatic rings. The molecule has 0 aliphatic rings. The Morgan fingerprint density at radius 2 is 1.72 bits per heavy atom. The molecule has 0 radical (unpaired) electrons. The number of aliphatic hydroxyl groups excluding tert-OH is 1. The molecule has 8 nitrogen and oxygen atoms in total. The van der Waals surface area contributed by atoms with Crippen LogP contribution < -0.4 is 10.6 Å². The fraction of sp³-hybridized carbons (Fsp3) is 0.310. The molecule has 0 aliphatic carbocycles. The number of benzene rings is 3. The zero-order valence-electron chi connectivity index (χ0n) is 21.9. The lowest BCUT2D eigenvalue weighted by Gasteiger charge is -2.25. The summed E-state index contributed by atoms with van der Waals surface area (Å²) in [6.07, 6.45) is -0.0999. The van der Waals surface area contributed by atoms with E-state index in [4.69, 9.17) is 0 Å². The van der Waals surface area contributed by atoms with Crippen molar-refractivity contribution in [3.05, 3.63) is 101 Å². The number of hydrogen-bond acceptors (Lipinski definition) is 6. The molecule has 204 valence electrons. The summed E-state index contributed by atoms with van der Waals surface area (Å²) < 4.78 is 27.6. The van der Waals surface area contributed by atoms with Crippen LogP contribution >= 0.6 is 0 Å². The van der Waals surface area contributed by atoms with Crippen molar-refractivity contribution in [1.82, 2.24) is 30.8 Å². The lowest BCUT2D eigenvalue weighted by atomic mass is 10.0. The highest BCUT2D eigenvalue weighted by molar-refractivity contribution is 5.76. The third kappa shape index (κ3) is 8.23. The number of halogens is 2. The van der Waals surface area contributed by atoms with E-state index in [0.717, 1.165) is 34.0 Å². The molecule has 0 saturated heterocycles. The first-order valence-electron chi connectivity index (χ1n) is 12.8. The highest BCUT2D eigenvalue weighted by Crippen LogP contribution is 2.15. The average molecular weight is 535 g/mol. The van der Waals surface area contributed by atoms with E-state index in [2.05, 4.69) is 45.1 Å². The summed E-state index contributed by atoms with van der Waals surface area (Å²) in [5, 5.41) is 29.2. The van der Waals surface area contributed by atoms with Crippen LogP contribution in [0.3, 0.4) is 0 Å². The maximum Gasteiger partial charge on any atom is 0.243 e. The van der Waals surface area contributed by atoms with Gasteiger partial charge in [-0.15, -0.1) is 10.2 Å². The molecular formula is C29H32F2N6O2. The summed E-state index contributed by atoms with van der Waals surface area (Å²) in [5.74, 6) is -1.55. The minimum Gasteiger partial charge on any atom is -0.390 e. The molecule has 39 heavy (non-hydrogen) atoms. The van der Waals surface area contributed by atoms with Crippen molar-refractivity contribution in [3.8, 4) is 11.4 Å². The second-order valence-corrected chi connectivity index (χ2v) is 9.54. The number of tetrazole rings is 1. The number of aryl methyl sites for hydroxylation is 2. The van der Waals surface area contributed by atoms with Gasteiger partial charge in [-0.2, -0.15) is 4.80 Å². The van der Waals surface area contributed by atoms with Crippen molar-refractivity contribution < 1.29 is 18.7 Å². The van der Waals surface area contributed by atoms with Gasteiger partial charge in [-0.3, -0.25) is 4.79 Å². The predicted molar refractivity (Wildman–Crippen MR) is 144 cm³/mol. The number of aliphatic hydroxyl groups is 1. The van der Waals surface area contributed by atoms with E-state index < -0.39 is 29.7 Å². The zero-order valence-corrected chi connectivity index (χ0v) is 21.9. The Bertz CT molecular complexity index is 1370. The van der Waals surface area contributed by atoms with Gasteiger partial charge < -0.3 is 15.7 Å². The van der Waals surface area contributed by atoms with Gasteiger partial charge in [-0.1, -0.05) is 61.0 Å². The van der Waals surface area contributed by atoms with Gasteiger partial charge in [0.15, 0.2) is 0 Å². The molecule has 3 aromatic carbocycles. The predicted octanol–water partition coefficient (Wildman–Crippen LogP) is 3.37. The van der Waals surface area contributed by atoms with E-state index in [0.29, 0.717) is 17.9 Å². The molecule has 1 heterocycles. The summed E-state index contributed by atoms with van der Waals surface area (Å²) in [7, 11) is 0. The molecule has 0 saturated carbocycles. The summed E-state index contributed by atoms with van der Waals surface area (Å²) >= 11 is 0. The van der Waals surface area contributed by atoms with Gasteiger partial charge in [0.25, 0.3) is 0 Å². The minimum absolute atomic E-state index is 0.0218. The van der Waals surface area contributed by atoms with Crippen molar-refractivity contribution in [2.45, 2.75) is 51.9 Å². The number of amides is 1.